The lowest BCUT2D eigenvalue weighted by Gasteiger charge is -2.12. The quantitative estimate of drug-likeness (QED) is 0.0952. The summed E-state index contributed by atoms with van der Waals surface area (Å²) in [6.07, 6.45) is 1.59. The van der Waals surface area contributed by atoms with Crippen LogP contribution in [0.2, 0.25) is 10.0 Å². The van der Waals surface area contributed by atoms with Crippen molar-refractivity contribution in [3.63, 3.8) is 0 Å². The number of ether oxygens (including phenoxy) is 1. The van der Waals surface area contributed by atoms with Crippen LogP contribution in [-0.4, -0.2) is 35.6 Å². The molecule has 0 saturated heterocycles. The number of hydrogen-bond donors (Lipinski definition) is 3. The normalized spacial score (nSPS) is 11.1. The molecule has 0 aliphatic heterocycles. The van der Waals surface area contributed by atoms with Gasteiger partial charge in [0.05, 0.1) is 28.6 Å². The lowest BCUT2D eigenvalue weighted by Crippen LogP contribution is -2.30. The summed E-state index contributed by atoms with van der Waals surface area (Å²) >= 11 is 14.7. The molecule has 0 bridgehead atoms. The van der Waals surface area contributed by atoms with Gasteiger partial charge in [0.2, 0.25) is 5.91 Å². The Bertz CT molecular complexity index is 1900. The molecule has 0 unspecified atom stereocenters. The zero-order valence-corrected chi connectivity index (χ0v) is 27.4. The molecule has 46 heavy (non-hydrogen) atoms. The van der Waals surface area contributed by atoms with Crippen LogP contribution < -0.4 is 20.7 Å². The molecule has 8 nitrogen and oxygen atoms in total. The van der Waals surface area contributed by atoms with Crippen LogP contribution in [0.25, 0.3) is 17.3 Å². The number of nitrogens with one attached hydrogen (secondary N) is 3. The summed E-state index contributed by atoms with van der Waals surface area (Å²) in [5.74, 6) is -0.381. The van der Waals surface area contributed by atoms with Crippen molar-refractivity contribution < 1.29 is 19.1 Å². The van der Waals surface area contributed by atoms with Gasteiger partial charge in [-0.25, -0.2) is 4.98 Å². The van der Waals surface area contributed by atoms with E-state index in [1.54, 1.807) is 98.1 Å². The van der Waals surface area contributed by atoms with Gasteiger partial charge in [-0.15, -0.1) is 23.1 Å². The van der Waals surface area contributed by atoms with Crippen molar-refractivity contribution >= 4 is 80.9 Å². The Balaban J connectivity index is 1.22. The van der Waals surface area contributed by atoms with E-state index in [9.17, 15) is 14.4 Å². The fraction of sp³-hybridized carbons (Fsp3) is 0.0588. The number of amides is 3. The Morgan fingerprint density at radius 1 is 0.891 bits per heavy atom. The Labute approximate surface area is 283 Å². The first kappa shape index (κ1) is 32.8. The van der Waals surface area contributed by atoms with Crippen molar-refractivity contribution in [1.29, 1.82) is 0 Å². The summed E-state index contributed by atoms with van der Waals surface area (Å²) in [6, 6.07) is 28.0. The average molecular weight is 690 g/mol. The molecule has 0 spiro atoms. The SMILES string of the molecule is COc1ccc(/C=C(/NC(=O)c2ccccc2)C(=O)Nc2cccc(SCC(=O)Nc3nc(-c4ccc(Cl)c(Cl)c4)cs3)c2)cc1. The summed E-state index contributed by atoms with van der Waals surface area (Å²) in [7, 11) is 1.57. The molecule has 0 aliphatic carbocycles. The largest absolute Gasteiger partial charge is 0.497 e. The molecule has 12 heteroatoms. The molecule has 0 atom stereocenters. The monoisotopic (exact) mass is 688 g/mol. The predicted octanol–water partition coefficient (Wildman–Crippen LogP) is 8.27. The molecule has 232 valence electrons. The van der Waals surface area contributed by atoms with Gasteiger partial charge in [-0.1, -0.05) is 65.7 Å². The third kappa shape index (κ3) is 8.98. The van der Waals surface area contributed by atoms with Crippen molar-refractivity contribution in [2.24, 2.45) is 0 Å². The van der Waals surface area contributed by atoms with Crippen LogP contribution in [0.15, 0.2) is 113 Å². The van der Waals surface area contributed by atoms with E-state index in [1.807, 2.05) is 17.5 Å². The van der Waals surface area contributed by atoms with Crippen molar-refractivity contribution in [2.75, 3.05) is 23.5 Å². The van der Waals surface area contributed by atoms with E-state index in [-0.39, 0.29) is 17.4 Å². The van der Waals surface area contributed by atoms with Crippen LogP contribution in [0.1, 0.15) is 15.9 Å². The van der Waals surface area contributed by atoms with Gasteiger partial charge in [-0.05, 0) is 66.2 Å². The topological polar surface area (TPSA) is 109 Å². The number of benzene rings is 4. The van der Waals surface area contributed by atoms with E-state index in [0.29, 0.717) is 43.4 Å². The Hall–Kier alpha value is -4.61. The minimum atomic E-state index is -0.512. The summed E-state index contributed by atoms with van der Waals surface area (Å²) < 4.78 is 5.22. The molecule has 3 N–H and O–H groups in total. The first-order chi connectivity index (χ1) is 22.3. The predicted molar refractivity (Wildman–Crippen MR) is 187 cm³/mol. The van der Waals surface area contributed by atoms with Crippen LogP contribution >= 0.6 is 46.3 Å². The summed E-state index contributed by atoms with van der Waals surface area (Å²) in [4.78, 5) is 44.3. The fourth-order valence-electron chi connectivity index (χ4n) is 4.09. The number of methoxy groups -OCH3 is 1. The highest BCUT2D eigenvalue weighted by atomic mass is 35.5. The Kier molecular flexibility index (Phi) is 11.1. The first-order valence-corrected chi connectivity index (χ1v) is 16.4. The molecule has 5 rings (SSSR count). The second-order valence-electron chi connectivity index (χ2n) is 9.64. The molecule has 3 amide bonds. The van der Waals surface area contributed by atoms with Gasteiger partial charge in [0.25, 0.3) is 11.8 Å². The molecular weight excluding hydrogens is 663 g/mol. The van der Waals surface area contributed by atoms with E-state index in [0.717, 1.165) is 10.5 Å². The number of aromatic nitrogens is 1. The van der Waals surface area contributed by atoms with Gasteiger partial charge >= 0.3 is 0 Å². The highest BCUT2D eigenvalue weighted by molar-refractivity contribution is 8.00. The lowest BCUT2D eigenvalue weighted by molar-refractivity contribution is -0.114. The van der Waals surface area contributed by atoms with Gasteiger partial charge in [0.15, 0.2) is 5.13 Å². The van der Waals surface area contributed by atoms with E-state index in [4.69, 9.17) is 27.9 Å². The number of halogens is 2. The maximum Gasteiger partial charge on any atom is 0.272 e. The second-order valence-corrected chi connectivity index (χ2v) is 12.4. The van der Waals surface area contributed by atoms with E-state index in [1.165, 1.54) is 23.1 Å². The molecule has 1 heterocycles. The molecule has 5 aromatic rings. The van der Waals surface area contributed by atoms with Crippen LogP contribution in [0, 0.1) is 0 Å². The first-order valence-electron chi connectivity index (χ1n) is 13.7. The number of nitrogens with zero attached hydrogens (tertiary/aromatic N) is 1. The third-order valence-corrected chi connectivity index (χ3v) is 8.87. The van der Waals surface area contributed by atoms with Gasteiger partial charge in [0, 0.05) is 27.1 Å². The number of carbonyl (C=O) groups excluding carboxylic acids is 3. The summed E-state index contributed by atoms with van der Waals surface area (Å²) in [6.45, 7) is 0. The Morgan fingerprint density at radius 2 is 1.67 bits per heavy atom. The van der Waals surface area contributed by atoms with Gasteiger partial charge in [-0.2, -0.15) is 0 Å². The number of hydrogen-bond acceptors (Lipinski definition) is 7. The van der Waals surface area contributed by atoms with E-state index >= 15 is 0 Å². The molecule has 0 radical (unpaired) electrons. The zero-order chi connectivity index (χ0) is 32.5. The minimum Gasteiger partial charge on any atom is -0.497 e. The zero-order valence-electron chi connectivity index (χ0n) is 24.3. The molecule has 0 saturated carbocycles. The molecule has 1 aromatic heterocycles. The maximum atomic E-state index is 13.4. The highest BCUT2D eigenvalue weighted by Crippen LogP contribution is 2.31. The number of anilines is 2. The fourth-order valence-corrected chi connectivity index (χ4v) is 5.88. The highest BCUT2D eigenvalue weighted by Gasteiger charge is 2.16. The van der Waals surface area contributed by atoms with E-state index in [2.05, 4.69) is 20.9 Å². The van der Waals surface area contributed by atoms with Gasteiger partial charge in [-0.3, -0.25) is 14.4 Å². The van der Waals surface area contributed by atoms with Gasteiger partial charge in [0.1, 0.15) is 11.4 Å². The van der Waals surface area contributed by atoms with Gasteiger partial charge < -0.3 is 20.7 Å². The van der Waals surface area contributed by atoms with Crippen LogP contribution in [0.5, 0.6) is 5.75 Å². The number of thiazole rings is 1. The van der Waals surface area contributed by atoms with Crippen molar-refractivity contribution in [3.8, 4) is 17.0 Å². The van der Waals surface area contributed by atoms with Crippen molar-refractivity contribution in [1.82, 2.24) is 10.3 Å². The van der Waals surface area contributed by atoms with Crippen molar-refractivity contribution in [2.45, 2.75) is 4.90 Å². The number of thioether (sulfide) groups is 1. The summed E-state index contributed by atoms with van der Waals surface area (Å²) in [5, 5.41) is 11.6. The standard InChI is InChI=1S/C34H26Cl2N4O4S2/c1-44-25-13-10-21(11-14-25)16-29(38-32(42)22-6-3-2-4-7-22)33(43)37-24-8-5-9-26(18-24)45-20-31(41)40-34-39-30(19-46-34)23-12-15-27(35)28(36)17-23/h2-19H,20H2,1H3,(H,37,43)(H,38,42)(H,39,40,41)/b29-16+. The van der Waals surface area contributed by atoms with Crippen LogP contribution in [0.3, 0.4) is 0 Å². The molecule has 0 fully saturated rings. The third-order valence-electron chi connectivity index (χ3n) is 6.38. The van der Waals surface area contributed by atoms with E-state index < -0.39 is 11.8 Å². The van der Waals surface area contributed by atoms with Crippen molar-refractivity contribution in [3.05, 3.63) is 129 Å². The van der Waals surface area contributed by atoms with Crippen LogP contribution in [-0.2, 0) is 9.59 Å². The summed E-state index contributed by atoms with van der Waals surface area (Å²) in [5.41, 5.74) is 3.13. The molecule has 4 aromatic carbocycles. The van der Waals surface area contributed by atoms with Crippen LogP contribution in [0.4, 0.5) is 10.8 Å². The smallest absolute Gasteiger partial charge is 0.272 e. The number of carbonyl (C=O) groups is 3. The second kappa shape index (κ2) is 15.6. The minimum absolute atomic E-state index is 0.0557. The molecular formula is C34H26Cl2N4O4S2. The molecule has 0 aliphatic rings. The Morgan fingerprint density at radius 3 is 2.41 bits per heavy atom. The maximum absolute atomic E-state index is 13.4. The number of rotatable bonds is 11. The average Bonchev–Trinajstić information content (AvgIpc) is 3.54. The lowest BCUT2D eigenvalue weighted by atomic mass is 10.1.